The highest BCUT2D eigenvalue weighted by Gasteiger charge is 2.14. The van der Waals surface area contributed by atoms with E-state index in [4.69, 9.17) is 0 Å². The van der Waals surface area contributed by atoms with Gasteiger partial charge in [-0.1, -0.05) is 6.07 Å². The summed E-state index contributed by atoms with van der Waals surface area (Å²) in [5.74, 6) is 0.661. The lowest BCUT2D eigenvalue weighted by molar-refractivity contribution is 0.930. The van der Waals surface area contributed by atoms with Crippen molar-refractivity contribution >= 4 is 28.1 Å². The van der Waals surface area contributed by atoms with Gasteiger partial charge in [0.05, 0.1) is 10.7 Å². The van der Waals surface area contributed by atoms with E-state index in [2.05, 4.69) is 43.4 Å². The van der Waals surface area contributed by atoms with Crippen LogP contribution in [-0.2, 0) is 0 Å². The van der Waals surface area contributed by atoms with Crippen molar-refractivity contribution in [3.63, 3.8) is 0 Å². The molecule has 0 aromatic carbocycles. The predicted molar refractivity (Wildman–Crippen MR) is 96.2 cm³/mol. The fourth-order valence-corrected chi connectivity index (χ4v) is 3.41. The van der Waals surface area contributed by atoms with E-state index < -0.39 is 0 Å². The normalized spacial score (nSPS) is 12.2. The highest BCUT2D eigenvalue weighted by Crippen LogP contribution is 2.24. The largest absolute Gasteiger partial charge is 0.370 e. The zero-order valence-corrected chi connectivity index (χ0v) is 14.4. The maximum absolute atomic E-state index is 4.60. The Morgan fingerprint density at radius 1 is 1.12 bits per heavy atom. The zero-order chi connectivity index (χ0) is 16.7. The van der Waals surface area contributed by atoms with E-state index in [0.717, 1.165) is 22.3 Å². The third-order valence-corrected chi connectivity index (χ3v) is 4.96. The second-order valence-electron chi connectivity index (χ2n) is 5.69. The lowest BCUT2D eigenvalue weighted by Crippen LogP contribution is -2.05. The molecule has 0 aliphatic heterocycles. The van der Waals surface area contributed by atoms with E-state index in [0.29, 0.717) is 5.82 Å². The lowest BCUT2D eigenvalue weighted by Gasteiger charge is -2.06. The first-order valence-electron chi connectivity index (χ1n) is 7.55. The number of aromatic nitrogens is 5. The quantitative estimate of drug-likeness (QED) is 0.574. The zero-order valence-electron chi connectivity index (χ0n) is 13.6. The molecule has 7 heteroatoms. The molecule has 0 radical (unpaired) electrons. The molecule has 0 fully saturated rings. The molecule has 0 atom stereocenters. The van der Waals surface area contributed by atoms with Crippen LogP contribution in [0.2, 0.25) is 0 Å². The van der Waals surface area contributed by atoms with Gasteiger partial charge in [0.25, 0.3) is 0 Å². The van der Waals surface area contributed by atoms with Gasteiger partial charge in [0, 0.05) is 30.4 Å². The van der Waals surface area contributed by atoms with E-state index in [1.165, 1.54) is 9.88 Å². The highest BCUT2D eigenvalue weighted by atomic mass is 32.1. The molecule has 4 aromatic rings. The summed E-state index contributed by atoms with van der Waals surface area (Å²) in [6.45, 7) is 1.99. The van der Waals surface area contributed by atoms with Crippen molar-refractivity contribution in [3.8, 4) is 11.5 Å². The van der Waals surface area contributed by atoms with Crippen molar-refractivity contribution in [2.24, 2.45) is 0 Å². The van der Waals surface area contributed by atoms with Crippen LogP contribution in [0.3, 0.4) is 0 Å². The summed E-state index contributed by atoms with van der Waals surface area (Å²) in [6, 6.07) is 9.94. The third kappa shape index (κ3) is 2.43. The Labute approximate surface area is 143 Å². The Hall–Kier alpha value is -2.80. The van der Waals surface area contributed by atoms with Crippen LogP contribution >= 0.6 is 11.3 Å². The molecule has 0 unspecified atom stereocenters. The SMILES string of the molecule is Cc1nn2c(-c3ccccn3)nnc2c1=Cc1ccc(N(C)C)s1. The predicted octanol–water partition coefficient (Wildman–Crippen LogP) is 2.17. The van der Waals surface area contributed by atoms with Crippen LogP contribution in [0.5, 0.6) is 0 Å². The smallest absolute Gasteiger partial charge is 0.203 e. The van der Waals surface area contributed by atoms with Crippen molar-refractivity contribution in [2.75, 3.05) is 19.0 Å². The number of aryl methyl sites for hydroxylation is 1. The van der Waals surface area contributed by atoms with Gasteiger partial charge >= 0.3 is 0 Å². The Balaban J connectivity index is 1.86. The minimum absolute atomic E-state index is 0.661. The average molecular weight is 336 g/mol. The van der Waals surface area contributed by atoms with Crippen molar-refractivity contribution in [1.82, 2.24) is 24.8 Å². The molecule has 0 aliphatic carbocycles. The van der Waals surface area contributed by atoms with Gasteiger partial charge in [-0.2, -0.15) is 9.61 Å². The number of hydrogen-bond donors (Lipinski definition) is 0. The van der Waals surface area contributed by atoms with Crippen LogP contribution in [0.4, 0.5) is 5.00 Å². The van der Waals surface area contributed by atoms with Gasteiger partial charge in [-0.3, -0.25) is 4.98 Å². The van der Waals surface area contributed by atoms with E-state index >= 15 is 0 Å². The minimum atomic E-state index is 0.661. The molecular weight excluding hydrogens is 320 g/mol. The Morgan fingerprint density at radius 2 is 2.00 bits per heavy atom. The van der Waals surface area contributed by atoms with Crippen molar-refractivity contribution in [1.29, 1.82) is 0 Å². The van der Waals surface area contributed by atoms with Crippen LogP contribution in [-0.4, -0.2) is 38.9 Å². The number of anilines is 1. The van der Waals surface area contributed by atoms with E-state index in [9.17, 15) is 0 Å². The van der Waals surface area contributed by atoms with Crippen molar-refractivity contribution in [2.45, 2.75) is 6.92 Å². The second-order valence-corrected chi connectivity index (χ2v) is 6.78. The van der Waals surface area contributed by atoms with E-state index in [1.54, 1.807) is 22.0 Å². The molecule has 4 heterocycles. The van der Waals surface area contributed by atoms with Crippen LogP contribution in [0.25, 0.3) is 23.2 Å². The number of fused-ring (bicyclic) bond motifs is 1. The van der Waals surface area contributed by atoms with Gasteiger partial charge in [0.2, 0.25) is 5.82 Å². The van der Waals surface area contributed by atoms with Crippen LogP contribution < -0.4 is 10.1 Å². The average Bonchev–Trinajstić information content (AvgIpc) is 3.26. The topological polar surface area (TPSA) is 59.2 Å². The molecule has 120 valence electrons. The number of hydrogen-bond acceptors (Lipinski definition) is 6. The van der Waals surface area contributed by atoms with Crippen LogP contribution in [0.1, 0.15) is 10.6 Å². The molecule has 24 heavy (non-hydrogen) atoms. The van der Waals surface area contributed by atoms with E-state index in [-0.39, 0.29) is 0 Å². The Kier molecular flexibility index (Phi) is 3.50. The Bertz CT molecular complexity index is 1050. The summed E-state index contributed by atoms with van der Waals surface area (Å²) in [6.07, 6.45) is 3.86. The second kappa shape index (κ2) is 5.68. The monoisotopic (exact) mass is 336 g/mol. The molecule has 4 rings (SSSR count). The molecule has 0 bridgehead atoms. The molecule has 0 aliphatic rings. The third-order valence-electron chi connectivity index (χ3n) is 3.76. The molecule has 0 saturated heterocycles. The first-order valence-corrected chi connectivity index (χ1v) is 8.37. The van der Waals surface area contributed by atoms with Gasteiger partial charge in [0.15, 0.2) is 5.65 Å². The van der Waals surface area contributed by atoms with Crippen LogP contribution in [0, 0.1) is 6.92 Å². The summed E-state index contributed by atoms with van der Waals surface area (Å²) in [5, 5.41) is 15.4. The fraction of sp³-hybridized carbons (Fsp3) is 0.176. The van der Waals surface area contributed by atoms with Gasteiger partial charge < -0.3 is 4.90 Å². The molecular formula is C17H16N6S. The first kappa shape index (κ1) is 14.8. The summed E-state index contributed by atoms with van der Waals surface area (Å²) in [5.41, 5.74) is 2.45. The molecule has 0 saturated carbocycles. The summed E-state index contributed by atoms with van der Waals surface area (Å²) in [4.78, 5) is 7.61. The van der Waals surface area contributed by atoms with Gasteiger partial charge in [-0.05, 0) is 37.3 Å². The number of nitrogens with zero attached hydrogens (tertiary/aromatic N) is 6. The lowest BCUT2D eigenvalue weighted by atomic mass is 10.3. The molecule has 0 spiro atoms. The number of rotatable bonds is 3. The van der Waals surface area contributed by atoms with Gasteiger partial charge in [-0.25, -0.2) is 0 Å². The maximum Gasteiger partial charge on any atom is 0.203 e. The van der Waals surface area contributed by atoms with E-state index in [1.807, 2.05) is 39.2 Å². The summed E-state index contributed by atoms with van der Waals surface area (Å²) < 4.78 is 1.77. The highest BCUT2D eigenvalue weighted by molar-refractivity contribution is 7.16. The molecule has 0 N–H and O–H groups in total. The van der Waals surface area contributed by atoms with Gasteiger partial charge in [-0.15, -0.1) is 21.5 Å². The molecule has 0 amide bonds. The fourth-order valence-electron chi connectivity index (χ4n) is 2.53. The summed E-state index contributed by atoms with van der Waals surface area (Å²) in [7, 11) is 4.08. The molecule has 6 nitrogen and oxygen atoms in total. The summed E-state index contributed by atoms with van der Waals surface area (Å²) >= 11 is 1.73. The minimum Gasteiger partial charge on any atom is -0.370 e. The standard InChI is InChI=1S/C17H16N6S/c1-11-13(10-12-7-8-15(24-12)22(2)3)16-19-20-17(23(16)21-11)14-6-4-5-9-18-14/h4-10H,1-3H3. The molecule has 4 aromatic heterocycles. The van der Waals surface area contributed by atoms with Crippen molar-refractivity contribution in [3.05, 3.63) is 52.3 Å². The number of pyridine rings is 1. The Morgan fingerprint density at radius 3 is 2.71 bits per heavy atom. The van der Waals surface area contributed by atoms with Crippen molar-refractivity contribution < 1.29 is 0 Å². The number of thiophene rings is 1. The first-order chi connectivity index (χ1) is 11.6. The van der Waals surface area contributed by atoms with Gasteiger partial charge in [0.1, 0.15) is 5.69 Å². The van der Waals surface area contributed by atoms with Crippen LogP contribution in [0.15, 0.2) is 36.5 Å². The maximum atomic E-state index is 4.60.